The van der Waals surface area contributed by atoms with E-state index < -0.39 is 0 Å². The van der Waals surface area contributed by atoms with E-state index in [1.807, 2.05) is 6.07 Å². The molecule has 1 atom stereocenters. The first-order valence-electron chi connectivity index (χ1n) is 7.76. The molecule has 0 bridgehead atoms. The smallest absolute Gasteiger partial charge is 0.139 e. The SMILES string of the molecule is CCCCC[C@H](c1cc(Cl)cc(Cl)c1O)N1CCNCC1. The molecule has 0 aromatic heterocycles. The van der Waals surface area contributed by atoms with Crippen LogP contribution in [0.3, 0.4) is 0 Å². The summed E-state index contributed by atoms with van der Waals surface area (Å²) >= 11 is 12.2. The molecule has 0 spiro atoms. The fraction of sp³-hybridized carbons (Fsp3) is 0.625. The summed E-state index contributed by atoms with van der Waals surface area (Å²) in [6.07, 6.45) is 4.57. The molecule has 1 fully saturated rings. The van der Waals surface area contributed by atoms with Gasteiger partial charge in [0.25, 0.3) is 0 Å². The van der Waals surface area contributed by atoms with Crippen LogP contribution < -0.4 is 5.32 Å². The first kappa shape index (κ1) is 16.9. The molecule has 1 aliphatic heterocycles. The van der Waals surface area contributed by atoms with Crippen molar-refractivity contribution in [3.05, 3.63) is 27.7 Å². The standard InChI is InChI=1S/C16H24Cl2N2O/c1-2-3-4-5-15(20-8-6-19-7-9-20)13-10-12(17)11-14(18)16(13)21/h10-11,15,19,21H,2-9H2,1H3/t15-/m1/s1. The molecule has 1 aliphatic rings. The first-order chi connectivity index (χ1) is 10.1. The van der Waals surface area contributed by atoms with Gasteiger partial charge < -0.3 is 10.4 Å². The Balaban J connectivity index is 2.24. The van der Waals surface area contributed by atoms with Gasteiger partial charge in [0, 0.05) is 42.8 Å². The van der Waals surface area contributed by atoms with Gasteiger partial charge in [-0.1, -0.05) is 49.4 Å². The van der Waals surface area contributed by atoms with Crippen LogP contribution in [0.2, 0.25) is 10.0 Å². The number of rotatable bonds is 6. The minimum Gasteiger partial charge on any atom is -0.506 e. The van der Waals surface area contributed by atoms with Crippen molar-refractivity contribution in [2.75, 3.05) is 26.2 Å². The van der Waals surface area contributed by atoms with E-state index in [9.17, 15) is 5.11 Å². The van der Waals surface area contributed by atoms with Crippen molar-refractivity contribution < 1.29 is 5.11 Å². The minimum atomic E-state index is 0.182. The largest absolute Gasteiger partial charge is 0.506 e. The van der Waals surface area contributed by atoms with Crippen LogP contribution in [0.5, 0.6) is 5.75 Å². The lowest BCUT2D eigenvalue weighted by Gasteiger charge is -2.35. The third kappa shape index (κ3) is 4.49. The van der Waals surface area contributed by atoms with Crippen LogP contribution >= 0.6 is 23.2 Å². The Kier molecular flexibility index (Phi) is 6.62. The van der Waals surface area contributed by atoms with Crippen LogP contribution in [-0.4, -0.2) is 36.2 Å². The molecule has 3 nitrogen and oxygen atoms in total. The van der Waals surface area contributed by atoms with E-state index in [0.29, 0.717) is 10.0 Å². The molecule has 1 aromatic rings. The molecule has 0 saturated carbocycles. The van der Waals surface area contributed by atoms with Crippen LogP contribution in [0, 0.1) is 0 Å². The predicted octanol–water partition coefficient (Wildman–Crippen LogP) is 4.23. The zero-order chi connectivity index (χ0) is 15.2. The van der Waals surface area contributed by atoms with Crippen LogP contribution in [0.1, 0.15) is 44.2 Å². The van der Waals surface area contributed by atoms with Crippen LogP contribution in [0.15, 0.2) is 12.1 Å². The second-order valence-corrected chi connectivity index (χ2v) is 6.47. The third-order valence-electron chi connectivity index (χ3n) is 4.09. The van der Waals surface area contributed by atoms with E-state index in [1.165, 1.54) is 12.8 Å². The van der Waals surface area contributed by atoms with Crippen molar-refractivity contribution >= 4 is 23.2 Å². The molecular formula is C16H24Cl2N2O. The average Bonchev–Trinajstić information content (AvgIpc) is 2.49. The van der Waals surface area contributed by atoms with E-state index in [0.717, 1.165) is 44.6 Å². The molecule has 0 unspecified atom stereocenters. The normalized spacial score (nSPS) is 17.9. The van der Waals surface area contributed by atoms with Crippen molar-refractivity contribution in [3.8, 4) is 5.75 Å². The second kappa shape index (κ2) is 8.23. The summed E-state index contributed by atoms with van der Waals surface area (Å²) in [4.78, 5) is 2.42. The van der Waals surface area contributed by atoms with Gasteiger partial charge in [0.1, 0.15) is 5.75 Å². The molecule has 1 aromatic carbocycles. The van der Waals surface area contributed by atoms with Crippen molar-refractivity contribution in [2.45, 2.75) is 38.6 Å². The predicted molar refractivity (Wildman–Crippen MR) is 89.5 cm³/mol. The molecule has 0 aliphatic carbocycles. The highest BCUT2D eigenvalue weighted by molar-refractivity contribution is 6.35. The van der Waals surface area contributed by atoms with E-state index >= 15 is 0 Å². The first-order valence-corrected chi connectivity index (χ1v) is 8.51. The Labute approximate surface area is 137 Å². The molecule has 0 amide bonds. The Morgan fingerprint density at radius 3 is 2.62 bits per heavy atom. The summed E-state index contributed by atoms with van der Waals surface area (Å²) in [7, 11) is 0. The van der Waals surface area contributed by atoms with Gasteiger partial charge in [-0.3, -0.25) is 4.90 Å². The average molecular weight is 331 g/mol. The zero-order valence-electron chi connectivity index (χ0n) is 12.5. The molecular weight excluding hydrogens is 307 g/mol. The number of benzene rings is 1. The Bertz CT molecular complexity index is 462. The Morgan fingerprint density at radius 2 is 1.95 bits per heavy atom. The van der Waals surface area contributed by atoms with Crippen molar-refractivity contribution in [2.24, 2.45) is 0 Å². The maximum absolute atomic E-state index is 10.3. The maximum Gasteiger partial charge on any atom is 0.139 e. The van der Waals surface area contributed by atoms with Gasteiger partial charge in [0.05, 0.1) is 5.02 Å². The summed E-state index contributed by atoms with van der Waals surface area (Å²) in [5.74, 6) is 0.182. The van der Waals surface area contributed by atoms with Crippen molar-refractivity contribution in [3.63, 3.8) is 0 Å². The summed E-state index contributed by atoms with van der Waals surface area (Å²) in [5.41, 5.74) is 0.866. The molecule has 118 valence electrons. The second-order valence-electron chi connectivity index (χ2n) is 5.62. The molecule has 0 radical (unpaired) electrons. The number of hydrogen-bond acceptors (Lipinski definition) is 3. The van der Waals surface area contributed by atoms with Gasteiger partial charge in [-0.05, 0) is 18.6 Å². The summed E-state index contributed by atoms with van der Waals surface area (Å²) in [5, 5.41) is 14.6. The molecule has 2 rings (SSSR count). The summed E-state index contributed by atoms with van der Waals surface area (Å²) < 4.78 is 0. The monoisotopic (exact) mass is 330 g/mol. The van der Waals surface area contributed by atoms with Crippen molar-refractivity contribution in [1.82, 2.24) is 10.2 Å². The highest BCUT2D eigenvalue weighted by Gasteiger charge is 2.25. The lowest BCUT2D eigenvalue weighted by molar-refractivity contribution is 0.160. The molecule has 1 heterocycles. The number of unbranched alkanes of at least 4 members (excludes halogenated alkanes) is 2. The fourth-order valence-electron chi connectivity index (χ4n) is 2.96. The van der Waals surface area contributed by atoms with Gasteiger partial charge >= 0.3 is 0 Å². The Hall–Kier alpha value is -0.480. The summed E-state index contributed by atoms with van der Waals surface area (Å²) in [6, 6.07) is 3.65. The van der Waals surface area contributed by atoms with Gasteiger partial charge in [-0.2, -0.15) is 0 Å². The van der Waals surface area contributed by atoms with Crippen LogP contribution in [0.25, 0.3) is 0 Å². The highest BCUT2D eigenvalue weighted by atomic mass is 35.5. The number of phenols is 1. The van der Waals surface area contributed by atoms with Gasteiger partial charge in [-0.15, -0.1) is 0 Å². The van der Waals surface area contributed by atoms with Gasteiger partial charge in [0.2, 0.25) is 0 Å². The number of nitrogens with one attached hydrogen (secondary N) is 1. The number of aromatic hydroxyl groups is 1. The van der Waals surface area contributed by atoms with E-state index in [-0.39, 0.29) is 11.8 Å². The van der Waals surface area contributed by atoms with Gasteiger partial charge in [-0.25, -0.2) is 0 Å². The molecule has 2 N–H and O–H groups in total. The maximum atomic E-state index is 10.3. The van der Waals surface area contributed by atoms with Gasteiger partial charge in [0.15, 0.2) is 0 Å². The lowest BCUT2D eigenvalue weighted by atomic mass is 9.97. The number of piperazine rings is 1. The minimum absolute atomic E-state index is 0.182. The number of phenolic OH excluding ortho intramolecular Hbond substituents is 1. The topological polar surface area (TPSA) is 35.5 Å². The van der Waals surface area contributed by atoms with E-state index in [1.54, 1.807) is 6.07 Å². The van der Waals surface area contributed by atoms with E-state index in [2.05, 4.69) is 17.1 Å². The number of halogens is 2. The summed E-state index contributed by atoms with van der Waals surface area (Å²) in [6.45, 7) is 6.15. The highest BCUT2D eigenvalue weighted by Crippen LogP contribution is 2.39. The lowest BCUT2D eigenvalue weighted by Crippen LogP contribution is -2.45. The third-order valence-corrected chi connectivity index (χ3v) is 4.60. The van der Waals surface area contributed by atoms with Crippen LogP contribution in [-0.2, 0) is 0 Å². The van der Waals surface area contributed by atoms with Crippen LogP contribution in [0.4, 0.5) is 0 Å². The Morgan fingerprint density at radius 1 is 1.24 bits per heavy atom. The zero-order valence-corrected chi connectivity index (χ0v) is 14.1. The van der Waals surface area contributed by atoms with Crippen molar-refractivity contribution in [1.29, 1.82) is 0 Å². The number of nitrogens with zero attached hydrogens (tertiary/aromatic N) is 1. The van der Waals surface area contributed by atoms with E-state index in [4.69, 9.17) is 23.2 Å². The molecule has 21 heavy (non-hydrogen) atoms. The molecule has 5 heteroatoms. The molecule has 1 saturated heterocycles. The quantitative estimate of drug-likeness (QED) is 0.766. The fourth-order valence-corrected chi connectivity index (χ4v) is 3.47. The number of hydrogen-bond donors (Lipinski definition) is 2.